The van der Waals surface area contributed by atoms with Crippen LogP contribution in [0.15, 0.2) is 42.5 Å². The van der Waals surface area contributed by atoms with Gasteiger partial charge in [0.1, 0.15) is 5.75 Å². The Morgan fingerprint density at radius 1 is 1.07 bits per heavy atom. The summed E-state index contributed by atoms with van der Waals surface area (Å²) in [6.45, 7) is -3.24. The number of nitrogens with zero attached hydrogens (tertiary/aromatic N) is 1. The van der Waals surface area contributed by atoms with Gasteiger partial charge in [-0.05, 0) is 24.3 Å². The lowest BCUT2D eigenvalue weighted by molar-refractivity contribution is -0.275. The molecular weight excluding hydrogens is 389 g/mol. The van der Waals surface area contributed by atoms with Gasteiger partial charge in [-0.1, -0.05) is 18.2 Å². The van der Waals surface area contributed by atoms with Gasteiger partial charge in [0.25, 0.3) is 5.91 Å². The van der Waals surface area contributed by atoms with Crippen LogP contribution in [0.2, 0.25) is 0 Å². The Kier molecular flexibility index (Phi) is 6.66. The third-order valence-corrected chi connectivity index (χ3v) is 3.58. The van der Waals surface area contributed by atoms with Crippen molar-refractivity contribution in [3.8, 4) is 17.2 Å². The molecular formula is C18H16F5NO4. The maximum Gasteiger partial charge on any atom is 0.573 e. The van der Waals surface area contributed by atoms with Crippen molar-refractivity contribution < 1.29 is 41.0 Å². The first-order chi connectivity index (χ1) is 13.1. The summed E-state index contributed by atoms with van der Waals surface area (Å²) >= 11 is 0. The summed E-state index contributed by atoms with van der Waals surface area (Å²) < 4.78 is 75.5. The smallest absolute Gasteiger partial charge is 0.493 e. The van der Waals surface area contributed by atoms with Crippen molar-refractivity contribution in [1.82, 2.24) is 4.90 Å². The molecule has 2 aromatic carbocycles. The van der Waals surface area contributed by atoms with Gasteiger partial charge < -0.3 is 19.1 Å². The number of ether oxygens (including phenoxy) is 3. The van der Waals surface area contributed by atoms with Gasteiger partial charge >= 0.3 is 13.0 Å². The second kappa shape index (κ2) is 8.77. The van der Waals surface area contributed by atoms with Crippen LogP contribution in [-0.4, -0.2) is 37.9 Å². The standard InChI is InChI=1S/C18H16F5NO4/c1-24(10-12-5-3-4-6-13(12)28-18(21,22)23)16(25)11-7-8-14(27-17(19)20)15(9-11)26-2/h3-9,17H,10H2,1-2H3. The molecule has 0 saturated heterocycles. The molecule has 0 radical (unpaired) electrons. The molecule has 152 valence electrons. The molecule has 0 aliphatic carbocycles. The van der Waals surface area contributed by atoms with Crippen molar-refractivity contribution >= 4 is 5.91 Å². The zero-order chi connectivity index (χ0) is 20.9. The fraction of sp³-hybridized carbons (Fsp3) is 0.278. The molecule has 28 heavy (non-hydrogen) atoms. The zero-order valence-corrected chi connectivity index (χ0v) is 14.8. The Bertz CT molecular complexity index is 826. The summed E-state index contributed by atoms with van der Waals surface area (Å²) in [5.74, 6) is -1.32. The molecule has 10 heteroatoms. The van der Waals surface area contributed by atoms with Crippen LogP contribution in [0, 0.1) is 0 Å². The van der Waals surface area contributed by atoms with Gasteiger partial charge in [-0.25, -0.2) is 0 Å². The molecule has 0 atom stereocenters. The molecule has 0 aliphatic heterocycles. The lowest BCUT2D eigenvalue weighted by Gasteiger charge is -2.20. The van der Waals surface area contributed by atoms with Crippen LogP contribution in [0.25, 0.3) is 0 Å². The highest BCUT2D eigenvalue weighted by Gasteiger charge is 2.32. The van der Waals surface area contributed by atoms with Gasteiger partial charge in [0, 0.05) is 24.7 Å². The summed E-state index contributed by atoms with van der Waals surface area (Å²) in [4.78, 5) is 13.7. The monoisotopic (exact) mass is 405 g/mol. The second-order valence-corrected chi connectivity index (χ2v) is 5.56. The molecule has 0 N–H and O–H groups in total. The minimum atomic E-state index is -4.87. The van der Waals surface area contributed by atoms with E-state index >= 15 is 0 Å². The minimum absolute atomic E-state index is 0.0789. The Labute approximate surface area is 157 Å². The van der Waals surface area contributed by atoms with Crippen molar-refractivity contribution in [2.24, 2.45) is 0 Å². The van der Waals surface area contributed by atoms with E-state index in [9.17, 15) is 26.7 Å². The van der Waals surface area contributed by atoms with E-state index in [0.717, 1.165) is 17.0 Å². The van der Waals surface area contributed by atoms with Gasteiger partial charge in [-0.2, -0.15) is 8.78 Å². The van der Waals surface area contributed by atoms with Gasteiger partial charge in [-0.15, -0.1) is 13.2 Å². The number of amides is 1. The number of rotatable bonds is 7. The minimum Gasteiger partial charge on any atom is -0.493 e. The molecule has 0 aliphatic rings. The molecule has 0 bridgehead atoms. The summed E-state index contributed by atoms with van der Waals surface area (Å²) in [7, 11) is 2.60. The van der Waals surface area contributed by atoms with Gasteiger partial charge in [-0.3, -0.25) is 4.79 Å². The van der Waals surface area contributed by atoms with Crippen LogP contribution in [0.3, 0.4) is 0 Å². The number of para-hydroxylation sites is 1. The van der Waals surface area contributed by atoms with Crippen molar-refractivity contribution in [1.29, 1.82) is 0 Å². The lowest BCUT2D eigenvalue weighted by Crippen LogP contribution is -2.27. The maximum absolute atomic E-state index is 12.6. The Balaban J connectivity index is 2.20. The molecule has 1 amide bonds. The average molecular weight is 405 g/mol. The number of alkyl halides is 5. The van der Waals surface area contributed by atoms with Crippen LogP contribution in [0.5, 0.6) is 17.2 Å². The highest BCUT2D eigenvalue weighted by molar-refractivity contribution is 5.94. The summed E-state index contributed by atoms with van der Waals surface area (Å²) in [6.07, 6.45) is -4.87. The van der Waals surface area contributed by atoms with Crippen LogP contribution >= 0.6 is 0 Å². The average Bonchev–Trinajstić information content (AvgIpc) is 2.61. The van der Waals surface area contributed by atoms with Crippen molar-refractivity contribution in [3.63, 3.8) is 0 Å². The molecule has 5 nitrogen and oxygen atoms in total. The second-order valence-electron chi connectivity index (χ2n) is 5.56. The number of hydrogen-bond acceptors (Lipinski definition) is 4. The van der Waals surface area contributed by atoms with E-state index in [1.54, 1.807) is 0 Å². The van der Waals surface area contributed by atoms with Crippen LogP contribution in [0.1, 0.15) is 15.9 Å². The third kappa shape index (κ3) is 5.73. The molecule has 0 aromatic heterocycles. The number of carbonyl (C=O) groups is 1. The Hall–Kier alpha value is -3.04. The highest BCUT2D eigenvalue weighted by Crippen LogP contribution is 2.31. The topological polar surface area (TPSA) is 48.0 Å². The van der Waals surface area contributed by atoms with E-state index in [1.165, 1.54) is 44.5 Å². The Morgan fingerprint density at radius 2 is 1.75 bits per heavy atom. The first-order valence-electron chi connectivity index (χ1n) is 7.82. The third-order valence-electron chi connectivity index (χ3n) is 3.58. The fourth-order valence-corrected chi connectivity index (χ4v) is 2.40. The SMILES string of the molecule is COc1cc(C(=O)N(C)Cc2ccccc2OC(F)(F)F)ccc1OC(F)F. The van der Waals surface area contributed by atoms with E-state index in [2.05, 4.69) is 9.47 Å². The number of benzene rings is 2. The molecule has 0 saturated carbocycles. The molecule has 2 aromatic rings. The number of methoxy groups -OCH3 is 1. The normalized spacial score (nSPS) is 11.3. The van der Waals surface area contributed by atoms with Crippen molar-refractivity contribution in [2.75, 3.05) is 14.2 Å². The summed E-state index contributed by atoms with van der Waals surface area (Å²) in [5, 5.41) is 0. The van der Waals surface area contributed by atoms with Gasteiger partial charge in [0.05, 0.1) is 7.11 Å². The number of hydrogen-bond donors (Lipinski definition) is 0. The summed E-state index contributed by atoms with van der Waals surface area (Å²) in [5.41, 5.74) is 0.218. The first-order valence-corrected chi connectivity index (χ1v) is 7.82. The molecule has 2 rings (SSSR count). The van der Waals surface area contributed by atoms with E-state index in [0.29, 0.717) is 0 Å². The zero-order valence-electron chi connectivity index (χ0n) is 14.8. The van der Waals surface area contributed by atoms with Crippen LogP contribution in [-0.2, 0) is 6.54 Å². The van der Waals surface area contributed by atoms with E-state index < -0.39 is 24.6 Å². The van der Waals surface area contributed by atoms with Crippen molar-refractivity contribution in [3.05, 3.63) is 53.6 Å². The molecule has 0 spiro atoms. The Morgan fingerprint density at radius 3 is 2.36 bits per heavy atom. The maximum atomic E-state index is 12.6. The molecule has 0 unspecified atom stereocenters. The largest absolute Gasteiger partial charge is 0.573 e. The lowest BCUT2D eigenvalue weighted by atomic mass is 10.1. The molecule has 0 fully saturated rings. The van der Waals surface area contributed by atoms with Crippen LogP contribution in [0.4, 0.5) is 22.0 Å². The predicted molar refractivity (Wildman–Crippen MR) is 88.5 cm³/mol. The van der Waals surface area contributed by atoms with Gasteiger partial charge in [0.2, 0.25) is 0 Å². The summed E-state index contributed by atoms with van der Waals surface area (Å²) in [6, 6.07) is 9.01. The van der Waals surface area contributed by atoms with Gasteiger partial charge in [0.15, 0.2) is 11.5 Å². The molecule has 0 heterocycles. The van der Waals surface area contributed by atoms with E-state index in [1.807, 2.05) is 0 Å². The van der Waals surface area contributed by atoms with E-state index in [4.69, 9.17) is 4.74 Å². The number of carbonyl (C=O) groups excluding carboxylic acids is 1. The van der Waals surface area contributed by atoms with E-state index in [-0.39, 0.29) is 29.2 Å². The predicted octanol–water partition coefficient (Wildman–Crippen LogP) is 4.47. The first kappa shape index (κ1) is 21.3. The fourth-order valence-electron chi connectivity index (χ4n) is 2.40. The highest BCUT2D eigenvalue weighted by atomic mass is 19.4. The van der Waals surface area contributed by atoms with Crippen LogP contribution < -0.4 is 14.2 Å². The van der Waals surface area contributed by atoms with Crippen molar-refractivity contribution in [2.45, 2.75) is 19.5 Å². The number of halogens is 5. The quantitative estimate of drug-likeness (QED) is 0.638.